The molecule has 0 radical (unpaired) electrons. The van der Waals surface area contributed by atoms with Crippen molar-refractivity contribution < 1.29 is 9.21 Å². The number of anilines is 1. The van der Waals surface area contributed by atoms with Crippen LogP contribution in [0, 0.1) is 0 Å². The van der Waals surface area contributed by atoms with E-state index in [1.165, 1.54) is 4.57 Å². The molecule has 4 rings (SSSR count). The molecular formula is C19H15N3O3. The quantitative estimate of drug-likeness (QED) is 0.624. The average Bonchev–Trinajstić information content (AvgIpc) is 2.97. The van der Waals surface area contributed by atoms with Gasteiger partial charge in [0.25, 0.3) is 0 Å². The molecule has 0 bridgehead atoms. The molecule has 2 aromatic heterocycles. The smallest absolute Gasteiger partial charge is 0.408 e. The minimum absolute atomic E-state index is 0.301. The van der Waals surface area contributed by atoms with E-state index in [4.69, 9.17) is 4.42 Å². The Bertz CT molecular complexity index is 1140. The van der Waals surface area contributed by atoms with Crippen LogP contribution < -0.4 is 11.1 Å². The van der Waals surface area contributed by atoms with Gasteiger partial charge in [-0.25, -0.2) is 4.79 Å². The highest BCUT2D eigenvalue weighted by molar-refractivity contribution is 6.02. The number of amides is 1. The van der Waals surface area contributed by atoms with Crippen molar-refractivity contribution >= 4 is 33.6 Å². The number of hydrogen-bond acceptors (Lipinski definition) is 4. The molecule has 1 N–H and O–H groups in total. The van der Waals surface area contributed by atoms with Crippen molar-refractivity contribution in [1.29, 1.82) is 0 Å². The SMILES string of the molecule is CC(C(=O)Nc1cccc2ncccc12)n1c(=O)oc2ccccc21. The number of rotatable bonds is 3. The predicted octanol–water partition coefficient (Wildman–Crippen LogP) is 3.34. The van der Waals surface area contributed by atoms with Crippen LogP contribution in [0.15, 0.2) is 70.0 Å². The third-order valence-electron chi connectivity index (χ3n) is 4.19. The molecule has 6 nitrogen and oxygen atoms in total. The fraction of sp³-hybridized carbons (Fsp3) is 0.105. The van der Waals surface area contributed by atoms with Crippen LogP contribution in [0.1, 0.15) is 13.0 Å². The van der Waals surface area contributed by atoms with Gasteiger partial charge in [0.05, 0.1) is 16.7 Å². The Morgan fingerprint density at radius 3 is 2.84 bits per heavy atom. The highest BCUT2D eigenvalue weighted by Crippen LogP contribution is 2.23. The van der Waals surface area contributed by atoms with E-state index in [2.05, 4.69) is 10.3 Å². The topological polar surface area (TPSA) is 77.1 Å². The monoisotopic (exact) mass is 333 g/mol. The molecular weight excluding hydrogens is 318 g/mol. The second-order valence-corrected chi connectivity index (χ2v) is 5.75. The zero-order chi connectivity index (χ0) is 17.4. The summed E-state index contributed by atoms with van der Waals surface area (Å²) in [6, 6.07) is 15.5. The number of para-hydroxylation sites is 2. The number of benzene rings is 2. The summed E-state index contributed by atoms with van der Waals surface area (Å²) in [5, 5.41) is 3.73. The molecule has 0 saturated heterocycles. The summed E-state index contributed by atoms with van der Waals surface area (Å²) in [5.41, 5.74) is 2.50. The first-order valence-electron chi connectivity index (χ1n) is 7.90. The molecule has 1 atom stereocenters. The van der Waals surface area contributed by atoms with Gasteiger partial charge < -0.3 is 9.73 Å². The van der Waals surface area contributed by atoms with Crippen molar-refractivity contribution in [3.05, 3.63) is 71.3 Å². The van der Waals surface area contributed by atoms with Crippen molar-refractivity contribution in [2.45, 2.75) is 13.0 Å². The zero-order valence-electron chi connectivity index (χ0n) is 13.5. The fourth-order valence-corrected chi connectivity index (χ4v) is 2.92. The van der Waals surface area contributed by atoms with Crippen LogP contribution in [0.4, 0.5) is 5.69 Å². The van der Waals surface area contributed by atoms with Crippen LogP contribution in [0.2, 0.25) is 0 Å². The maximum Gasteiger partial charge on any atom is 0.420 e. The van der Waals surface area contributed by atoms with Gasteiger partial charge in [-0.2, -0.15) is 0 Å². The number of pyridine rings is 1. The number of fused-ring (bicyclic) bond motifs is 2. The number of oxazole rings is 1. The van der Waals surface area contributed by atoms with Gasteiger partial charge in [-0.1, -0.05) is 18.2 Å². The van der Waals surface area contributed by atoms with E-state index in [0.29, 0.717) is 16.8 Å². The molecule has 6 heteroatoms. The Kier molecular flexibility index (Phi) is 3.57. The summed E-state index contributed by atoms with van der Waals surface area (Å²) in [7, 11) is 0. The Morgan fingerprint density at radius 2 is 1.96 bits per heavy atom. The molecule has 0 saturated carbocycles. The lowest BCUT2D eigenvalue weighted by Gasteiger charge is -2.14. The minimum Gasteiger partial charge on any atom is -0.408 e. The Morgan fingerprint density at radius 1 is 1.12 bits per heavy atom. The van der Waals surface area contributed by atoms with Crippen molar-refractivity contribution in [3.8, 4) is 0 Å². The van der Waals surface area contributed by atoms with Gasteiger partial charge in [-0.05, 0) is 43.3 Å². The first kappa shape index (κ1) is 15.1. The summed E-state index contributed by atoms with van der Waals surface area (Å²) in [5.74, 6) is -0.853. The summed E-state index contributed by atoms with van der Waals surface area (Å²) in [6.07, 6.45) is 1.70. The second-order valence-electron chi connectivity index (χ2n) is 5.75. The molecule has 0 aliphatic rings. The van der Waals surface area contributed by atoms with Crippen molar-refractivity contribution in [2.75, 3.05) is 5.32 Å². The molecule has 0 fully saturated rings. The van der Waals surface area contributed by atoms with E-state index in [1.54, 1.807) is 37.4 Å². The molecule has 1 amide bonds. The third-order valence-corrected chi connectivity index (χ3v) is 4.19. The summed E-state index contributed by atoms with van der Waals surface area (Å²) >= 11 is 0. The molecule has 1 unspecified atom stereocenters. The first-order valence-corrected chi connectivity index (χ1v) is 7.90. The maximum atomic E-state index is 12.7. The largest absolute Gasteiger partial charge is 0.420 e. The van der Waals surface area contributed by atoms with Gasteiger partial charge in [0.15, 0.2) is 5.58 Å². The number of aromatic nitrogens is 2. The summed E-state index contributed by atoms with van der Waals surface area (Å²) in [4.78, 5) is 29.2. The van der Waals surface area contributed by atoms with Crippen LogP contribution in [0.3, 0.4) is 0 Å². The van der Waals surface area contributed by atoms with E-state index in [1.807, 2.05) is 30.3 Å². The lowest BCUT2D eigenvalue weighted by atomic mass is 10.1. The van der Waals surface area contributed by atoms with Gasteiger partial charge in [-0.15, -0.1) is 0 Å². The van der Waals surface area contributed by atoms with E-state index in [-0.39, 0.29) is 5.91 Å². The maximum absolute atomic E-state index is 12.7. The van der Waals surface area contributed by atoms with Crippen LogP contribution in [0.25, 0.3) is 22.0 Å². The van der Waals surface area contributed by atoms with Crippen LogP contribution in [-0.4, -0.2) is 15.5 Å². The standard InChI is InChI=1S/C19H15N3O3/c1-12(22-16-9-2-3-10-17(16)25-19(22)24)18(23)21-15-8-4-7-14-13(15)6-5-11-20-14/h2-12H,1H3,(H,21,23). The fourth-order valence-electron chi connectivity index (χ4n) is 2.92. The summed E-state index contributed by atoms with van der Waals surface area (Å²) in [6.45, 7) is 1.67. The average molecular weight is 333 g/mol. The minimum atomic E-state index is -0.719. The number of carbonyl (C=O) groups is 1. The molecule has 4 aromatic rings. The van der Waals surface area contributed by atoms with Crippen molar-refractivity contribution in [2.24, 2.45) is 0 Å². The van der Waals surface area contributed by atoms with Crippen molar-refractivity contribution in [3.63, 3.8) is 0 Å². The lowest BCUT2D eigenvalue weighted by molar-refractivity contribution is -0.118. The number of hydrogen-bond donors (Lipinski definition) is 1. The number of carbonyl (C=O) groups excluding carboxylic acids is 1. The molecule has 2 aromatic carbocycles. The molecule has 124 valence electrons. The predicted molar refractivity (Wildman–Crippen MR) is 95.6 cm³/mol. The molecule has 25 heavy (non-hydrogen) atoms. The highest BCUT2D eigenvalue weighted by Gasteiger charge is 2.21. The van der Waals surface area contributed by atoms with Crippen molar-refractivity contribution in [1.82, 2.24) is 9.55 Å². The van der Waals surface area contributed by atoms with Gasteiger partial charge in [0, 0.05) is 11.6 Å². The van der Waals surface area contributed by atoms with Crippen LogP contribution in [-0.2, 0) is 4.79 Å². The van der Waals surface area contributed by atoms with Gasteiger partial charge >= 0.3 is 5.76 Å². The van der Waals surface area contributed by atoms with Gasteiger partial charge in [-0.3, -0.25) is 14.3 Å². The Labute approximate surface area is 142 Å². The lowest BCUT2D eigenvalue weighted by Crippen LogP contribution is -2.29. The zero-order valence-corrected chi connectivity index (χ0v) is 13.5. The number of nitrogens with one attached hydrogen (secondary N) is 1. The summed E-state index contributed by atoms with van der Waals surface area (Å²) < 4.78 is 6.56. The van der Waals surface area contributed by atoms with Crippen LogP contribution in [0.5, 0.6) is 0 Å². The Balaban J connectivity index is 1.71. The van der Waals surface area contributed by atoms with E-state index in [9.17, 15) is 9.59 Å². The second kappa shape index (κ2) is 5.90. The molecule has 0 aliphatic heterocycles. The van der Waals surface area contributed by atoms with E-state index >= 15 is 0 Å². The Hall–Kier alpha value is -3.41. The highest BCUT2D eigenvalue weighted by atomic mass is 16.4. The molecule has 0 aliphatic carbocycles. The normalized spacial score (nSPS) is 12.4. The first-order chi connectivity index (χ1) is 12.1. The van der Waals surface area contributed by atoms with Gasteiger partial charge in [0.2, 0.25) is 5.91 Å². The molecule has 2 heterocycles. The van der Waals surface area contributed by atoms with E-state index < -0.39 is 11.8 Å². The third kappa shape index (κ3) is 2.57. The van der Waals surface area contributed by atoms with E-state index in [0.717, 1.165) is 10.9 Å². The van der Waals surface area contributed by atoms with Gasteiger partial charge in [0.1, 0.15) is 6.04 Å². The van der Waals surface area contributed by atoms with Crippen LogP contribution >= 0.6 is 0 Å². The number of nitrogens with zero attached hydrogens (tertiary/aromatic N) is 2. The molecule has 0 spiro atoms.